The van der Waals surface area contributed by atoms with Gasteiger partial charge in [0.1, 0.15) is 0 Å². The average molecular weight is 281 g/mol. The van der Waals surface area contributed by atoms with Gasteiger partial charge >= 0.3 is 0 Å². The minimum atomic E-state index is 0.186. The summed E-state index contributed by atoms with van der Waals surface area (Å²) in [6.07, 6.45) is 9.61. The fourth-order valence-electron chi connectivity index (χ4n) is 3.70. The van der Waals surface area contributed by atoms with Crippen molar-refractivity contribution >= 4 is 5.91 Å². The summed E-state index contributed by atoms with van der Waals surface area (Å²) >= 11 is 0. The van der Waals surface area contributed by atoms with Crippen LogP contribution in [0.4, 0.5) is 0 Å². The smallest absolute Gasteiger partial charge is 0.221 e. The van der Waals surface area contributed by atoms with Gasteiger partial charge in [-0.1, -0.05) is 19.8 Å². The second kappa shape index (κ2) is 8.63. The Bertz CT molecular complexity index is 289. The number of hydrogen-bond donors (Lipinski definition) is 3. The van der Waals surface area contributed by atoms with E-state index in [1.165, 1.54) is 45.1 Å². The molecule has 4 nitrogen and oxygen atoms in total. The molecular formula is C16H31N3O. The van der Waals surface area contributed by atoms with Gasteiger partial charge in [-0.2, -0.15) is 0 Å². The molecule has 1 heterocycles. The van der Waals surface area contributed by atoms with Crippen LogP contribution >= 0.6 is 0 Å². The van der Waals surface area contributed by atoms with E-state index in [2.05, 4.69) is 22.9 Å². The third-order valence-corrected chi connectivity index (χ3v) is 4.77. The second-order valence-electron chi connectivity index (χ2n) is 6.31. The summed E-state index contributed by atoms with van der Waals surface area (Å²) in [4.78, 5) is 11.6. The van der Waals surface area contributed by atoms with E-state index >= 15 is 0 Å². The van der Waals surface area contributed by atoms with Gasteiger partial charge < -0.3 is 16.0 Å². The highest BCUT2D eigenvalue weighted by molar-refractivity contribution is 5.75. The van der Waals surface area contributed by atoms with Crippen molar-refractivity contribution < 1.29 is 4.79 Å². The summed E-state index contributed by atoms with van der Waals surface area (Å²) in [7, 11) is 0. The van der Waals surface area contributed by atoms with E-state index in [1.54, 1.807) is 0 Å². The van der Waals surface area contributed by atoms with Gasteiger partial charge in [-0.05, 0) is 44.6 Å². The highest BCUT2D eigenvalue weighted by Crippen LogP contribution is 2.30. The highest BCUT2D eigenvalue weighted by Gasteiger charge is 2.32. The fourth-order valence-corrected chi connectivity index (χ4v) is 3.70. The molecule has 116 valence electrons. The molecule has 2 rings (SSSR count). The van der Waals surface area contributed by atoms with E-state index in [0.29, 0.717) is 18.5 Å². The number of amides is 1. The number of carbonyl (C=O) groups is 1. The topological polar surface area (TPSA) is 53.2 Å². The molecule has 2 aliphatic rings. The number of carbonyl (C=O) groups excluding carboxylic acids is 1. The molecule has 1 amide bonds. The zero-order valence-electron chi connectivity index (χ0n) is 12.9. The normalized spacial score (nSPS) is 30.4. The lowest BCUT2D eigenvalue weighted by atomic mass is 9.79. The van der Waals surface area contributed by atoms with Gasteiger partial charge in [-0.3, -0.25) is 4.79 Å². The lowest BCUT2D eigenvalue weighted by Crippen LogP contribution is -2.47. The van der Waals surface area contributed by atoms with Crippen molar-refractivity contribution in [1.82, 2.24) is 16.0 Å². The first-order valence-corrected chi connectivity index (χ1v) is 8.54. The second-order valence-corrected chi connectivity index (χ2v) is 6.31. The molecule has 0 bridgehead atoms. The van der Waals surface area contributed by atoms with Gasteiger partial charge in [0.2, 0.25) is 5.91 Å². The Morgan fingerprint density at radius 1 is 1.15 bits per heavy atom. The molecule has 1 saturated carbocycles. The lowest BCUT2D eigenvalue weighted by Gasteiger charge is -2.36. The maximum absolute atomic E-state index is 11.6. The van der Waals surface area contributed by atoms with Gasteiger partial charge in [0.25, 0.3) is 0 Å². The van der Waals surface area contributed by atoms with Crippen molar-refractivity contribution in [2.45, 2.75) is 70.4 Å². The first-order chi connectivity index (χ1) is 9.81. The molecule has 2 fully saturated rings. The van der Waals surface area contributed by atoms with Crippen LogP contribution in [-0.4, -0.2) is 37.6 Å². The number of rotatable bonds is 7. The Balaban J connectivity index is 1.70. The summed E-state index contributed by atoms with van der Waals surface area (Å²) in [6, 6.07) is 1.32. The highest BCUT2D eigenvalue weighted by atomic mass is 16.1. The maximum Gasteiger partial charge on any atom is 0.221 e. The van der Waals surface area contributed by atoms with E-state index in [9.17, 15) is 4.79 Å². The molecule has 0 spiro atoms. The van der Waals surface area contributed by atoms with Crippen LogP contribution in [0.2, 0.25) is 0 Å². The van der Waals surface area contributed by atoms with Crippen LogP contribution in [-0.2, 0) is 4.79 Å². The largest absolute Gasteiger partial charge is 0.356 e. The summed E-state index contributed by atoms with van der Waals surface area (Å²) in [6.45, 7) is 4.90. The molecule has 3 atom stereocenters. The maximum atomic E-state index is 11.6. The molecular weight excluding hydrogens is 250 g/mol. The van der Waals surface area contributed by atoms with Gasteiger partial charge in [-0.15, -0.1) is 0 Å². The van der Waals surface area contributed by atoms with E-state index in [-0.39, 0.29) is 5.91 Å². The van der Waals surface area contributed by atoms with Crippen LogP contribution in [0.1, 0.15) is 58.3 Å². The van der Waals surface area contributed by atoms with Gasteiger partial charge in [0.05, 0.1) is 0 Å². The zero-order chi connectivity index (χ0) is 14.2. The van der Waals surface area contributed by atoms with Crippen molar-refractivity contribution in [3.8, 4) is 0 Å². The minimum absolute atomic E-state index is 0.186. The standard InChI is InChI=1S/C16H31N3O/c1-2-10-19-16(20)9-12-18-14-7-4-3-6-13(14)15-8-5-11-17-15/h13-15,17-18H,2-12H2,1H3,(H,19,20). The summed E-state index contributed by atoms with van der Waals surface area (Å²) in [5.74, 6) is 0.954. The van der Waals surface area contributed by atoms with Crippen molar-refractivity contribution in [2.24, 2.45) is 5.92 Å². The zero-order valence-corrected chi connectivity index (χ0v) is 12.9. The Hall–Kier alpha value is -0.610. The molecule has 3 N–H and O–H groups in total. The lowest BCUT2D eigenvalue weighted by molar-refractivity contribution is -0.121. The monoisotopic (exact) mass is 281 g/mol. The summed E-state index contributed by atoms with van der Waals surface area (Å²) < 4.78 is 0. The molecule has 1 aliphatic heterocycles. The summed E-state index contributed by atoms with van der Waals surface area (Å²) in [5, 5.41) is 10.3. The molecule has 4 heteroatoms. The van der Waals surface area contributed by atoms with Crippen molar-refractivity contribution in [3.63, 3.8) is 0 Å². The van der Waals surface area contributed by atoms with Gasteiger partial charge in [0.15, 0.2) is 0 Å². The molecule has 0 aromatic rings. The van der Waals surface area contributed by atoms with Gasteiger partial charge in [0, 0.05) is 31.6 Å². The molecule has 0 aromatic carbocycles. The fraction of sp³-hybridized carbons (Fsp3) is 0.938. The molecule has 0 radical (unpaired) electrons. The van der Waals surface area contributed by atoms with Gasteiger partial charge in [-0.25, -0.2) is 0 Å². The van der Waals surface area contributed by atoms with E-state index in [4.69, 9.17) is 0 Å². The first-order valence-electron chi connectivity index (χ1n) is 8.54. The Kier molecular flexibility index (Phi) is 6.80. The molecule has 1 aliphatic carbocycles. The Labute approximate surface area is 123 Å². The van der Waals surface area contributed by atoms with Crippen LogP contribution in [0.15, 0.2) is 0 Å². The van der Waals surface area contributed by atoms with Crippen LogP contribution in [0, 0.1) is 5.92 Å². The average Bonchev–Trinajstić information content (AvgIpc) is 2.99. The van der Waals surface area contributed by atoms with E-state index in [0.717, 1.165) is 25.4 Å². The molecule has 1 saturated heterocycles. The SMILES string of the molecule is CCCNC(=O)CCNC1CCCCC1C1CCCN1. The van der Waals surface area contributed by atoms with Crippen molar-refractivity contribution in [3.05, 3.63) is 0 Å². The minimum Gasteiger partial charge on any atom is -0.356 e. The van der Waals surface area contributed by atoms with Crippen LogP contribution in [0.5, 0.6) is 0 Å². The summed E-state index contributed by atoms with van der Waals surface area (Å²) in [5.41, 5.74) is 0. The predicted molar refractivity (Wildman–Crippen MR) is 82.7 cm³/mol. The number of hydrogen-bond acceptors (Lipinski definition) is 3. The van der Waals surface area contributed by atoms with E-state index in [1.807, 2.05) is 0 Å². The first kappa shape index (κ1) is 15.8. The quantitative estimate of drug-likeness (QED) is 0.667. The van der Waals surface area contributed by atoms with E-state index < -0.39 is 0 Å². The third kappa shape index (κ3) is 4.74. The van der Waals surface area contributed by atoms with Crippen molar-refractivity contribution in [2.75, 3.05) is 19.6 Å². The van der Waals surface area contributed by atoms with Crippen LogP contribution in [0.25, 0.3) is 0 Å². The van der Waals surface area contributed by atoms with Crippen molar-refractivity contribution in [1.29, 1.82) is 0 Å². The number of nitrogens with one attached hydrogen (secondary N) is 3. The molecule has 3 unspecified atom stereocenters. The van der Waals surface area contributed by atoms with Crippen LogP contribution in [0.3, 0.4) is 0 Å². The third-order valence-electron chi connectivity index (χ3n) is 4.77. The predicted octanol–water partition coefficient (Wildman–Crippen LogP) is 1.80. The Morgan fingerprint density at radius 2 is 2.00 bits per heavy atom. The van der Waals surface area contributed by atoms with Crippen LogP contribution < -0.4 is 16.0 Å². The Morgan fingerprint density at radius 3 is 2.75 bits per heavy atom. The molecule has 20 heavy (non-hydrogen) atoms. The molecule has 0 aromatic heterocycles.